The lowest BCUT2D eigenvalue weighted by molar-refractivity contribution is -0.119. The van der Waals surface area contributed by atoms with Gasteiger partial charge in [0.1, 0.15) is 0 Å². The first-order valence-electron chi connectivity index (χ1n) is 9.82. The van der Waals surface area contributed by atoms with Gasteiger partial charge in [-0.3, -0.25) is 9.59 Å². The summed E-state index contributed by atoms with van der Waals surface area (Å²) in [5.74, 6) is 0.788. The first kappa shape index (κ1) is 21.8. The molecule has 1 aliphatic carbocycles. The van der Waals surface area contributed by atoms with Crippen molar-refractivity contribution in [1.82, 2.24) is 25.4 Å². The Hall–Kier alpha value is -1.87. The van der Waals surface area contributed by atoms with E-state index in [1.54, 1.807) is 6.07 Å². The molecule has 1 fully saturated rings. The summed E-state index contributed by atoms with van der Waals surface area (Å²) >= 11 is 4.75. The van der Waals surface area contributed by atoms with Gasteiger partial charge >= 0.3 is 0 Å². The average molecular weight is 480 g/mol. The van der Waals surface area contributed by atoms with Crippen LogP contribution in [0.3, 0.4) is 0 Å². The molecule has 1 saturated carbocycles. The van der Waals surface area contributed by atoms with Crippen molar-refractivity contribution in [3.05, 3.63) is 40.1 Å². The Balaban J connectivity index is 1.54. The standard InChI is InChI=1S/C20H26BrN5O2S/c1-13(22-19(28)15-10-6-7-11-16(15)21)18-24-25-20(26(18)2)29-12-17(27)23-14-8-4-3-5-9-14/h6-7,10-11,13-14H,3-5,8-9,12H2,1-2H3,(H,22,28)(H,23,27)/t13-/m1/s1. The second-order valence-corrected chi connectivity index (χ2v) is 9.06. The Kier molecular flexibility index (Phi) is 7.71. The van der Waals surface area contributed by atoms with E-state index in [-0.39, 0.29) is 17.9 Å². The number of nitrogens with one attached hydrogen (secondary N) is 2. The highest BCUT2D eigenvalue weighted by Crippen LogP contribution is 2.22. The van der Waals surface area contributed by atoms with Crippen LogP contribution in [0.15, 0.2) is 33.9 Å². The molecule has 3 rings (SSSR count). The monoisotopic (exact) mass is 479 g/mol. The predicted molar refractivity (Wildman–Crippen MR) is 117 cm³/mol. The van der Waals surface area contributed by atoms with Crippen LogP contribution in [-0.4, -0.2) is 38.4 Å². The van der Waals surface area contributed by atoms with Crippen LogP contribution in [0.25, 0.3) is 0 Å². The first-order chi connectivity index (χ1) is 14.0. The summed E-state index contributed by atoms with van der Waals surface area (Å²) in [6, 6.07) is 7.25. The first-order valence-corrected chi connectivity index (χ1v) is 11.6. The zero-order valence-corrected chi connectivity index (χ0v) is 19.1. The minimum absolute atomic E-state index is 0.0294. The van der Waals surface area contributed by atoms with E-state index in [0.29, 0.717) is 28.3 Å². The molecule has 29 heavy (non-hydrogen) atoms. The number of carbonyl (C=O) groups is 2. The molecule has 1 aromatic heterocycles. The summed E-state index contributed by atoms with van der Waals surface area (Å²) in [5.41, 5.74) is 0.565. The topological polar surface area (TPSA) is 88.9 Å². The second kappa shape index (κ2) is 10.2. The molecule has 1 atom stereocenters. The van der Waals surface area contributed by atoms with Crippen LogP contribution in [0.5, 0.6) is 0 Å². The largest absolute Gasteiger partial charge is 0.353 e. The Morgan fingerprint density at radius 2 is 1.97 bits per heavy atom. The third kappa shape index (κ3) is 5.82. The third-order valence-corrected chi connectivity index (χ3v) is 6.74. The number of hydrogen-bond acceptors (Lipinski definition) is 5. The van der Waals surface area contributed by atoms with Gasteiger partial charge in [-0.2, -0.15) is 0 Å². The number of aromatic nitrogens is 3. The van der Waals surface area contributed by atoms with Gasteiger partial charge in [0.15, 0.2) is 11.0 Å². The van der Waals surface area contributed by atoms with E-state index in [2.05, 4.69) is 36.8 Å². The maximum atomic E-state index is 12.5. The molecule has 2 N–H and O–H groups in total. The van der Waals surface area contributed by atoms with Gasteiger partial charge in [0.25, 0.3) is 5.91 Å². The highest BCUT2D eigenvalue weighted by molar-refractivity contribution is 9.10. The van der Waals surface area contributed by atoms with Crippen LogP contribution in [0, 0.1) is 0 Å². The lowest BCUT2D eigenvalue weighted by Gasteiger charge is -2.22. The van der Waals surface area contributed by atoms with Crippen molar-refractivity contribution in [3.8, 4) is 0 Å². The van der Waals surface area contributed by atoms with Crippen LogP contribution >= 0.6 is 27.7 Å². The number of halogens is 1. The summed E-state index contributed by atoms with van der Waals surface area (Å²) in [5, 5.41) is 15.1. The summed E-state index contributed by atoms with van der Waals surface area (Å²) < 4.78 is 2.56. The van der Waals surface area contributed by atoms with Crippen LogP contribution < -0.4 is 10.6 Å². The van der Waals surface area contributed by atoms with Crippen molar-refractivity contribution in [3.63, 3.8) is 0 Å². The highest BCUT2D eigenvalue weighted by atomic mass is 79.9. The zero-order chi connectivity index (χ0) is 20.8. The van der Waals surface area contributed by atoms with Gasteiger partial charge in [-0.05, 0) is 47.8 Å². The Morgan fingerprint density at radius 3 is 2.69 bits per heavy atom. The Morgan fingerprint density at radius 1 is 1.24 bits per heavy atom. The maximum absolute atomic E-state index is 12.5. The van der Waals surface area contributed by atoms with E-state index in [9.17, 15) is 9.59 Å². The minimum atomic E-state index is -0.322. The molecule has 0 aliphatic heterocycles. The van der Waals surface area contributed by atoms with Crippen LogP contribution in [0.2, 0.25) is 0 Å². The molecule has 0 saturated heterocycles. The van der Waals surface area contributed by atoms with Crippen molar-refractivity contribution in [2.75, 3.05) is 5.75 Å². The quantitative estimate of drug-likeness (QED) is 0.592. The van der Waals surface area contributed by atoms with Gasteiger partial charge in [0.05, 0.1) is 17.4 Å². The Bertz CT molecular complexity index is 866. The highest BCUT2D eigenvalue weighted by Gasteiger charge is 2.21. The molecule has 0 radical (unpaired) electrons. The molecule has 1 aliphatic rings. The second-order valence-electron chi connectivity index (χ2n) is 7.27. The smallest absolute Gasteiger partial charge is 0.253 e. The summed E-state index contributed by atoms with van der Waals surface area (Å²) in [4.78, 5) is 24.7. The Labute approximate surface area is 183 Å². The van der Waals surface area contributed by atoms with Gasteiger partial charge in [0, 0.05) is 17.6 Å². The molecular formula is C20H26BrN5O2S. The fourth-order valence-corrected chi connectivity index (χ4v) is 4.65. The van der Waals surface area contributed by atoms with Gasteiger partial charge < -0.3 is 15.2 Å². The summed E-state index contributed by atoms with van der Waals surface area (Å²) in [6.45, 7) is 1.86. The molecule has 0 unspecified atom stereocenters. The zero-order valence-electron chi connectivity index (χ0n) is 16.7. The van der Waals surface area contributed by atoms with E-state index >= 15 is 0 Å². The number of thioether (sulfide) groups is 1. The average Bonchev–Trinajstić information content (AvgIpc) is 3.08. The van der Waals surface area contributed by atoms with Crippen molar-refractivity contribution >= 4 is 39.5 Å². The molecule has 2 aromatic rings. The van der Waals surface area contributed by atoms with E-state index < -0.39 is 0 Å². The minimum Gasteiger partial charge on any atom is -0.353 e. The van der Waals surface area contributed by atoms with Gasteiger partial charge in [-0.15, -0.1) is 10.2 Å². The lowest BCUT2D eigenvalue weighted by atomic mass is 9.95. The lowest BCUT2D eigenvalue weighted by Crippen LogP contribution is -2.37. The van der Waals surface area contributed by atoms with Crippen molar-refractivity contribution in [2.45, 2.75) is 56.3 Å². The number of rotatable bonds is 7. The van der Waals surface area contributed by atoms with E-state index in [4.69, 9.17) is 0 Å². The normalized spacial score (nSPS) is 15.7. The molecule has 156 valence electrons. The third-order valence-electron chi connectivity index (χ3n) is 5.02. The summed E-state index contributed by atoms with van der Waals surface area (Å²) in [7, 11) is 1.85. The number of benzene rings is 1. The van der Waals surface area contributed by atoms with Crippen LogP contribution in [0.4, 0.5) is 0 Å². The number of nitrogens with zero attached hydrogens (tertiary/aromatic N) is 3. The predicted octanol–water partition coefficient (Wildman–Crippen LogP) is 3.61. The number of carbonyl (C=O) groups excluding carboxylic acids is 2. The van der Waals surface area contributed by atoms with Gasteiger partial charge in [0.2, 0.25) is 5.91 Å². The van der Waals surface area contributed by atoms with Crippen molar-refractivity contribution in [1.29, 1.82) is 0 Å². The van der Waals surface area contributed by atoms with Crippen LogP contribution in [0.1, 0.15) is 61.3 Å². The molecule has 1 heterocycles. The SMILES string of the molecule is C[C@@H](NC(=O)c1ccccc1Br)c1nnc(SCC(=O)NC2CCCCC2)n1C. The van der Waals surface area contributed by atoms with Crippen molar-refractivity contribution < 1.29 is 9.59 Å². The van der Waals surface area contributed by atoms with Gasteiger partial charge in [-0.1, -0.05) is 43.2 Å². The maximum Gasteiger partial charge on any atom is 0.253 e. The number of amides is 2. The van der Waals surface area contributed by atoms with E-state index in [1.807, 2.05) is 36.7 Å². The van der Waals surface area contributed by atoms with E-state index in [0.717, 1.165) is 17.3 Å². The molecule has 7 nitrogen and oxygen atoms in total. The van der Waals surface area contributed by atoms with Crippen LogP contribution in [-0.2, 0) is 11.8 Å². The molecule has 1 aromatic carbocycles. The molecule has 2 amide bonds. The number of hydrogen-bond donors (Lipinski definition) is 2. The molecular weight excluding hydrogens is 454 g/mol. The van der Waals surface area contributed by atoms with E-state index in [1.165, 1.54) is 31.0 Å². The molecule has 0 bridgehead atoms. The van der Waals surface area contributed by atoms with Gasteiger partial charge in [-0.25, -0.2) is 0 Å². The fourth-order valence-electron chi connectivity index (χ4n) is 3.46. The summed E-state index contributed by atoms with van der Waals surface area (Å²) in [6.07, 6.45) is 5.78. The van der Waals surface area contributed by atoms with Crippen molar-refractivity contribution in [2.24, 2.45) is 7.05 Å². The molecule has 9 heteroatoms. The molecule has 0 spiro atoms. The fraction of sp³-hybridized carbons (Fsp3) is 0.500.